The molecule has 0 aromatic carbocycles. The first-order chi connectivity index (χ1) is 18.0. The van der Waals surface area contributed by atoms with Gasteiger partial charge >= 0.3 is 6.09 Å². The quantitative estimate of drug-likeness (QED) is 0.157. The molecule has 218 valence electrons. The maximum absolute atomic E-state index is 12.4. The minimum Gasteiger partial charge on any atom is -0.446 e. The van der Waals surface area contributed by atoms with E-state index in [1.165, 1.54) is 62.7 Å². The van der Waals surface area contributed by atoms with Crippen LogP contribution in [0.5, 0.6) is 0 Å². The molecule has 0 aromatic heterocycles. The van der Waals surface area contributed by atoms with Crippen LogP contribution in [0.2, 0.25) is 0 Å². The number of rotatable bonds is 10. The molecule has 0 bridgehead atoms. The fourth-order valence-corrected chi connectivity index (χ4v) is 12.9. The van der Waals surface area contributed by atoms with E-state index in [9.17, 15) is 4.79 Å². The van der Waals surface area contributed by atoms with E-state index in [-0.39, 0.29) is 32.9 Å². The van der Waals surface area contributed by atoms with Gasteiger partial charge in [0, 0.05) is 9.84 Å². The van der Waals surface area contributed by atoms with Crippen LogP contribution in [0.4, 0.5) is 4.79 Å². The van der Waals surface area contributed by atoms with Crippen LogP contribution in [-0.2, 0) is 4.74 Å². The summed E-state index contributed by atoms with van der Waals surface area (Å²) in [4.78, 5) is 13.7. The molecule has 3 saturated carbocycles. The molecule has 0 saturated heterocycles. The molecule has 1 amide bonds. The molecule has 0 spiro atoms. The first-order valence-electron chi connectivity index (χ1n) is 15.8. The van der Waals surface area contributed by atoms with E-state index in [1.54, 1.807) is 5.57 Å². The molecule has 0 unspecified atom stereocenters. The molecule has 4 nitrogen and oxygen atoms in total. The number of hydrogen-bond donors (Lipinski definition) is 2. The van der Waals surface area contributed by atoms with Gasteiger partial charge in [0.05, 0.1) is 27.2 Å². The lowest BCUT2D eigenvalue weighted by molar-refractivity contribution is -0.856. The third kappa shape index (κ3) is 5.67. The standard InChI is InChI=1S/C33H57IN2O2/c1-23(2)10-9-11-24(3)33(34-6)19-16-29-27-13-12-25-22-26(38-30(37)35-20-21-36(7)8)14-17-31(25,4)28(27)15-18-32(29,33)5/h12,23-24,26-29H,6,9-11,13-22H2,1-5,7-8H3,(H,35,37)/p+1/t24-,26+,27-,28+,29+,31+,32+,33+/m1/s1. The molecule has 5 heteroatoms. The Morgan fingerprint density at radius 3 is 2.55 bits per heavy atom. The van der Waals surface area contributed by atoms with Crippen molar-refractivity contribution in [3.8, 4) is 0 Å². The maximum Gasteiger partial charge on any atom is 0.407 e. The molecule has 4 rings (SSSR count). The number of alkyl carbamates (subject to hydrolysis) is 1. The number of halogens is 1. The van der Waals surface area contributed by atoms with Gasteiger partial charge in [-0.05, 0) is 91.8 Å². The number of nitrogens with one attached hydrogen (secondary N) is 2. The topological polar surface area (TPSA) is 42.8 Å². The summed E-state index contributed by atoms with van der Waals surface area (Å²) in [5, 5.41) is 2.95. The Balaban J connectivity index is 1.44. The van der Waals surface area contributed by atoms with Gasteiger partial charge in [-0.2, -0.15) is 0 Å². The zero-order chi connectivity index (χ0) is 27.7. The fourth-order valence-electron chi connectivity index (χ4n) is 9.58. The molecule has 0 aromatic rings. The molecule has 4 aliphatic rings. The summed E-state index contributed by atoms with van der Waals surface area (Å²) in [5.74, 6) is 4.13. The van der Waals surface area contributed by atoms with Crippen LogP contribution in [0.3, 0.4) is 0 Å². The van der Waals surface area contributed by atoms with Crippen molar-refractivity contribution in [2.75, 3.05) is 27.2 Å². The SMILES string of the molecule is C=I[C@]1([C@H](C)CCCC(C)C)CC[C@H]2[C@@H]3CC=C4C[C@@H](OC(=O)NCC[NH+](C)C)CC[C@]4(C)[C@H]3CC[C@@]21C. The van der Waals surface area contributed by atoms with E-state index in [0.717, 1.165) is 49.0 Å². The van der Waals surface area contributed by atoms with Crippen molar-refractivity contribution >= 4 is 31.3 Å². The van der Waals surface area contributed by atoms with Crippen molar-refractivity contribution < 1.29 is 14.4 Å². The lowest BCUT2D eigenvalue weighted by Crippen LogP contribution is -3.06. The number of hydrogen-bond acceptors (Lipinski definition) is 2. The van der Waals surface area contributed by atoms with Gasteiger partial charge in [-0.1, -0.05) is 63.6 Å². The predicted octanol–water partition coefficient (Wildman–Crippen LogP) is 6.79. The van der Waals surface area contributed by atoms with Crippen molar-refractivity contribution in [1.29, 1.82) is 0 Å². The van der Waals surface area contributed by atoms with Crippen LogP contribution >= 0.6 is 20.7 Å². The van der Waals surface area contributed by atoms with Crippen LogP contribution in [0.25, 0.3) is 0 Å². The van der Waals surface area contributed by atoms with Gasteiger partial charge in [0.2, 0.25) is 0 Å². The number of carbonyl (C=O) groups excluding carboxylic acids is 1. The number of alkyl halides is 1. The van der Waals surface area contributed by atoms with Gasteiger partial charge in [-0.15, -0.1) is 20.7 Å². The Morgan fingerprint density at radius 2 is 1.87 bits per heavy atom. The predicted molar refractivity (Wildman–Crippen MR) is 169 cm³/mol. The third-order valence-electron chi connectivity index (χ3n) is 11.8. The number of likely N-dealkylation sites (N-methyl/N-ethyl adjacent to an activating group) is 1. The van der Waals surface area contributed by atoms with E-state index in [0.29, 0.717) is 20.8 Å². The van der Waals surface area contributed by atoms with Gasteiger partial charge in [0.1, 0.15) is 6.10 Å². The van der Waals surface area contributed by atoms with Crippen LogP contribution in [0, 0.1) is 40.4 Å². The van der Waals surface area contributed by atoms with E-state index in [1.807, 2.05) is 0 Å². The zero-order valence-electron chi connectivity index (χ0n) is 25.6. The average molecular weight is 642 g/mol. The highest BCUT2D eigenvalue weighted by atomic mass is 127. The van der Waals surface area contributed by atoms with Gasteiger partial charge in [0.25, 0.3) is 0 Å². The first kappa shape index (κ1) is 30.5. The summed E-state index contributed by atoms with van der Waals surface area (Å²) in [7, 11) is 4.21. The highest BCUT2D eigenvalue weighted by molar-refractivity contribution is 14.2. The van der Waals surface area contributed by atoms with Gasteiger partial charge in [0.15, 0.2) is 0 Å². The summed E-state index contributed by atoms with van der Waals surface area (Å²) in [6.45, 7) is 14.2. The number of quaternary nitrogens is 1. The van der Waals surface area contributed by atoms with Gasteiger partial charge in [-0.25, -0.2) is 4.79 Å². The van der Waals surface area contributed by atoms with Gasteiger partial charge in [-0.3, -0.25) is 0 Å². The molecule has 0 radical (unpaired) electrons. The van der Waals surface area contributed by atoms with E-state index >= 15 is 0 Å². The summed E-state index contributed by atoms with van der Waals surface area (Å²) in [6.07, 6.45) is 16.6. The van der Waals surface area contributed by atoms with Crippen molar-refractivity contribution in [2.24, 2.45) is 40.4 Å². The van der Waals surface area contributed by atoms with E-state index in [4.69, 9.17) is 9.25 Å². The molecular weight excluding hydrogens is 583 g/mol. The van der Waals surface area contributed by atoms with Gasteiger partial charge < -0.3 is 15.0 Å². The number of carbonyl (C=O) groups is 1. The lowest BCUT2D eigenvalue weighted by atomic mass is 9.47. The molecule has 3 fully saturated rings. The minimum absolute atomic E-state index is 0.0353. The monoisotopic (exact) mass is 641 g/mol. The second-order valence-corrected chi connectivity index (χ2v) is 17.3. The normalized spacial score (nSPS) is 39.2. The highest BCUT2D eigenvalue weighted by Crippen LogP contribution is 2.71. The number of fused-ring (bicyclic) bond motifs is 5. The first-order valence-corrected chi connectivity index (χ1v) is 18.4. The van der Waals surface area contributed by atoms with E-state index in [2.05, 4.69) is 60.1 Å². The maximum atomic E-state index is 12.4. The second kappa shape index (κ2) is 12.2. The van der Waals surface area contributed by atoms with Crippen LogP contribution in [0.1, 0.15) is 105 Å². The van der Waals surface area contributed by atoms with Crippen molar-refractivity contribution in [2.45, 2.75) is 115 Å². The Labute approximate surface area is 244 Å². The summed E-state index contributed by atoms with van der Waals surface area (Å²) in [6, 6.07) is 0. The Morgan fingerprint density at radius 1 is 1.13 bits per heavy atom. The Hall–Kier alpha value is -0.430. The summed E-state index contributed by atoms with van der Waals surface area (Å²) >= 11 is -0.0519. The Bertz CT molecular complexity index is 886. The number of ether oxygens (including phenoxy) is 1. The minimum atomic E-state index is -0.233. The second-order valence-electron chi connectivity index (χ2n) is 14.6. The molecule has 2 N–H and O–H groups in total. The average Bonchev–Trinajstić information content (AvgIpc) is 3.17. The Kier molecular flexibility index (Phi) is 9.81. The summed E-state index contributed by atoms with van der Waals surface area (Å²) < 4.78 is 11.2. The van der Waals surface area contributed by atoms with E-state index < -0.39 is 0 Å². The van der Waals surface area contributed by atoms with Crippen molar-refractivity contribution in [3.63, 3.8) is 0 Å². The molecule has 8 atom stereocenters. The lowest BCUT2D eigenvalue weighted by Gasteiger charge is -2.60. The van der Waals surface area contributed by atoms with Crippen LogP contribution in [0.15, 0.2) is 11.6 Å². The summed E-state index contributed by atoms with van der Waals surface area (Å²) in [5.41, 5.74) is 2.37. The van der Waals surface area contributed by atoms with Crippen molar-refractivity contribution in [3.05, 3.63) is 11.6 Å². The third-order valence-corrected chi connectivity index (χ3v) is 16.0. The number of amides is 1. The zero-order valence-corrected chi connectivity index (χ0v) is 27.8. The molecule has 4 aliphatic carbocycles. The highest BCUT2D eigenvalue weighted by Gasteiger charge is 2.64. The molecule has 0 heterocycles. The molecular formula is C33H58IN2O2+. The largest absolute Gasteiger partial charge is 0.446 e. The molecule has 0 aliphatic heterocycles. The molecule has 38 heavy (non-hydrogen) atoms. The smallest absolute Gasteiger partial charge is 0.407 e. The fraction of sp³-hybridized carbons (Fsp3) is 0.879. The van der Waals surface area contributed by atoms with Crippen LogP contribution < -0.4 is 10.2 Å². The van der Waals surface area contributed by atoms with Crippen LogP contribution in [-0.4, -0.2) is 47.3 Å². The van der Waals surface area contributed by atoms with Crippen molar-refractivity contribution in [1.82, 2.24) is 5.32 Å². The number of allylic oxidation sites excluding steroid dienone is 1.